The van der Waals surface area contributed by atoms with Gasteiger partial charge >= 0.3 is 0 Å². The topological polar surface area (TPSA) is 21.3 Å². The molecular formula is C17H27NO. The first kappa shape index (κ1) is 14.4. The van der Waals surface area contributed by atoms with Gasteiger partial charge in [-0.1, -0.05) is 31.5 Å². The molecule has 0 aliphatic heterocycles. The van der Waals surface area contributed by atoms with Crippen LogP contribution >= 0.6 is 0 Å². The molecule has 0 radical (unpaired) electrons. The van der Waals surface area contributed by atoms with Crippen molar-refractivity contribution in [3.8, 4) is 5.75 Å². The molecule has 1 aromatic carbocycles. The number of nitrogens with one attached hydrogen (secondary N) is 1. The summed E-state index contributed by atoms with van der Waals surface area (Å²) in [6.07, 6.45) is 5.50. The normalized spacial score (nSPS) is 16.2. The van der Waals surface area contributed by atoms with Crippen LogP contribution in [0.1, 0.15) is 50.7 Å². The van der Waals surface area contributed by atoms with Gasteiger partial charge in [0, 0.05) is 12.1 Å². The summed E-state index contributed by atoms with van der Waals surface area (Å²) in [7, 11) is 0. The Bertz CT molecular complexity index is 394. The summed E-state index contributed by atoms with van der Waals surface area (Å²) in [5.41, 5.74) is 2.60. The van der Waals surface area contributed by atoms with Gasteiger partial charge in [0.2, 0.25) is 0 Å². The molecule has 1 aromatic rings. The van der Waals surface area contributed by atoms with Crippen LogP contribution in [0.3, 0.4) is 0 Å². The molecule has 1 fully saturated rings. The van der Waals surface area contributed by atoms with Gasteiger partial charge in [-0.2, -0.15) is 0 Å². The molecule has 0 bridgehead atoms. The number of aryl methyl sites for hydroxylation is 1. The molecule has 1 aliphatic carbocycles. The predicted octanol–water partition coefficient (Wildman–Crippen LogP) is 4.06. The Morgan fingerprint density at radius 1 is 1.26 bits per heavy atom. The highest BCUT2D eigenvalue weighted by Crippen LogP contribution is 2.27. The molecule has 0 unspecified atom stereocenters. The Morgan fingerprint density at radius 3 is 2.68 bits per heavy atom. The molecule has 2 rings (SSSR count). The minimum Gasteiger partial charge on any atom is -0.490 e. The first-order chi connectivity index (χ1) is 9.15. The van der Waals surface area contributed by atoms with Gasteiger partial charge in [-0.3, -0.25) is 0 Å². The molecule has 1 aliphatic rings. The van der Waals surface area contributed by atoms with Crippen LogP contribution in [0.2, 0.25) is 0 Å². The van der Waals surface area contributed by atoms with Crippen molar-refractivity contribution in [3.63, 3.8) is 0 Å². The predicted molar refractivity (Wildman–Crippen MR) is 80.6 cm³/mol. The van der Waals surface area contributed by atoms with Gasteiger partial charge in [-0.15, -0.1) is 0 Å². The summed E-state index contributed by atoms with van der Waals surface area (Å²) in [4.78, 5) is 0. The fraction of sp³-hybridized carbons (Fsp3) is 0.647. The van der Waals surface area contributed by atoms with Gasteiger partial charge < -0.3 is 10.1 Å². The van der Waals surface area contributed by atoms with Crippen LogP contribution in [-0.4, -0.2) is 12.6 Å². The van der Waals surface area contributed by atoms with Gasteiger partial charge in [0.05, 0.1) is 6.10 Å². The van der Waals surface area contributed by atoms with E-state index < -0.39 is 0 Å². The van der Waals surface area contributed by atoms with E-state index in [1.54, 1.807) is 0 Å². The third-order valence-electron chi connectivity index (χ3n) is 3.68. The van der Waals surface area contributed by atoms with E-state index in [4.69, 9.17) is 4.74 Å². The van der Waals surface area contributed by atoms with E-state index >= 15 is 0 Å². The average molecular weight is 261 g/mol. The number of ether oxygens (including phenoxy) is 1. The fourth-order valence-corrected chi connectivity index (χ4v) is 2.64. The first-order valence-electron chi connectivity index (χ1n) is 7.62. The van der Waals surface area contributed by atoms with Gasteiger partial charge in [0.15, 0.2) is 0 Å². The average Bonchev–Trinajstić information content (AvgIpc) is 2.85. The first-order valence-corrected chi connectivity index (χ1v) is 7.62. The SMILES string of the molecule is Cc1ccc(OC2CCCC2)c(CNCC(C)C)c1. The molecule has 2 heteroatoms. The molecular weight excluding hydrogens is 234 g/mol. The summed E-state index contributed by atoms with van der Waals surface area (Å²) < 4.78 is 6.18. The molecule has 1 N–H and O–H groups in total. The van der Waals surface area contributed by atoms with E-state index in [2.05, 4.69) is 44.3 Å². The Labute approximate surface area is 117 Å². The largest absolute Gasteiger partial charge is 0.490 e. The minimum atomic E-state index is 0.437. The van der Waals surface area contributed by atoms with Crippen LogP contribution in [0.5, 0.6) is 5.75 Å². The monoisotopic (exact) mass is 261 g/mol. The molecule has 0 heterocycles. The van der Waals surface area contributed by atoms with E-state index in [0.29, 0.717) is 12.0 Å². The molecule has 1 saturated carbocycles. The number of hydrogen-bond donors (Lipinski definition) is 1. The van der Waals surface area contributed by atoms with Gasteiger partial charge in [-0.25, -0.2) is 0 Å². The lowest BCUT2D eigenvalue weighted by molar-refractivity contribution is 0.207. The zero-order chi connectivity index (χ0) is 13.7. The van der Waals surface area contributed by atoms with Gasteiger partial charge in [0.25, 0.3) is 0 Å². The van der Waals surface area contributed by atoms with Gasteiger partial charge in [0.1, 0.15) is 5.75 Å². The van der Waals surface area contributed by atoms with Crippen LogP contribution in [-0.2, 0) is 6.54 Å². The Balaban J connectivity index is 1.99. The molecule has 0 amide bonds. The lowest BCUT2D eigenvalue weighted by Crippen LogP contribution is -2.20. The van der Waals surface area contributed by atoms with Crippen molar-refractivity contribution < 1.29 is 4.74 Å². The second kappa shape index (κ2) is 6.95. The van der Waals surface area contributed by atoms with Crippen LogP contribution < -0.4 is 10.1 Å². The molecule has 0 spiro atoms. The minimum absolute atomic E-state index is 0.437. The summed E-state index contributed by atoms with van der Waals surface area (Å²) in [5, 5.41) is 3.51. The van der Waals surface area contributed by atoms with E-state index in [0.717, 1.165) is 18.8 Å². The van der Waals surface area contributed by atoms with Crippen LogP contribution in [0.15, 0.2) is 18.2 Å². The molecule has 0 atom stereocenters. The van der Waals surface area contributed by atoms with Crippen molar-refractivity contribution in [2.45, 2.75) is 59.1 Å². The third-order valence-corrected chi connectivity index (χ3v) is 3.68. The molecule has 106 valence electrons. The summed E-state index contributed by atoms with van der Waals surface area (Å²) in [6, 6.07) is 6.54. The van der Waals surface area contributed by atoms with Crippen molar-refractivity contribution in [3.05, 3.63) is 29.3 Å². The van der Waals surface area contributed by atoms with Crippen molar-refractivity contribution >= 4 is 0 Å². The van der Waals surface area contributed by atoms with E-state index in [9.17, 15) is 0 Å². The molecule has 0 saturated heterocycles. The van der Waals surface area contributed by atoms with Crippen LogP contribution in [0, 0.1) is 12.8 Å². The highest BCUT2D eigenvalue weighted by Gasteiger charge is 2.17. The van der Waals surface area contributed by atoms with Gasteiger partial charge in [-0.05, 0) is 51.1 Å². The lowest BCUT2D eigenvalue weighted by Gasteiger charge is -2.18. The number of rotatable bonds is 6. The summed E-state index contributed by atoms with van der Waals surface area (Å²) in [5.74, 6) is 1.76. The molecule has 0 aromatic heterocycles. The van der Waals surface area contributed by atoms with E-state index in [1.807, 2.05) is 0 Å². The lowest BCUT2D eigenvalue weighted by atomic mass is 10.1. The molecule has 2 nitrogen and oxygen atoms in total. The highest BCUT2D eigenvalue weighted by atomic mass is 16.5. The second-order valence-corrected chi connectivity index (χ2v) is 6.16. The van der Waals surface area contributed by atoms with Crippen molar-refractivity contribution in [1.29, 1.82) is 0 Å². The standard InChI is InChI=1S/C17H27NO/c1-13(2)11-18-12-15-10-14(3)8-9-17(15)19-16-6-4-5-7-16/h8-10,13,16,18H,4-7,11-12H2,1-3H3. The number of benzene rings is 1. The van der Waals surface area contributed by atoms with Crippen LogP contribution in [0.4, 0.5) is 0 Å². The maximum Gasteiger partial charge on any atom is 0.124 e. The highest BCUT2D eigenvalue weighted by molar-refractivity contribution is 5.37. The second-order valence-electron chi connectivity index (χ2n) is 6.16. The quantitative estimate of drug-likeness (QED) is 0.833. The maximum absolute atomic E-state index is 6.18. The Kier molecular flexibility index (Phi) is 5.26. The Hall–Kier alpha value is -1.02. The van der Waals surface area contributed by atoms with Crippen molar-refractivity contribution in [2.24, 2.45) is 5.92 Å². The Morgan fingerprint density at radius 2 is 2.00 bits per heavy atom. The third kappa shape index (κ3) is 4.54. The van der Waals surface area contributed by atoms with Crippen molar-refractivity contribution in [1.82, 2.24) is 5.32 Å². The van der Waals surface area contributed by atoms with Crippen molar-refractivity contribution in [2.75, 3.05) is 6.54 Å². The zero-order valence-corrected chi connectivity index (χ0v) is 12.5. The molecule has 19 heavy (non-hydrogen) atoms. The van der Waals surface area contributed by atoms with E-state index in [-0.39, 0.29) is 0 Å². The maximum atomic E-state index is 6.18. The fourth-order valence-electron chi connectivity index (χ4n) is 2.64. The van der Waals surface area contributed by atoms with E-state index in [1.165, 1.54) is 36.8 Å². The number of hydrogen-bond acceptors (Lipinski definition) is 2. The smallest absolute Gasteiger partial charge is 0.124 e. The zero-order valence-electron chi connectivity index (χ0n) is 12.5. The summed E-state index contributed by atoms with van der Waals surface area (Å²) in [6.45, 7) is 8.57. The van der Waals surface area contributed by atoms with Crippen LogP contribution in [0.25, 0.3) is 0 Å². The summed E-state index contributed by atoms with van der Waals surface area (Å²) >= 11 is 0.